The number of rotatable bonds is 1. The van der Waals surface area contributed by atoms with E-state index in [0.717, 1.165) is 0 Å². The van der Waals surface area contributed by atoms with Crippen LogP contribution in [0.15, 0.2) is 19.4 Å². The van der Waals surface area contributed by atoms with Gasteiger partial charge in [0, 0.05) is 6.92 Å². The van der Waals surface area contributed by atoms with Crippen LogP contribution < -0.4 is 0 Å². The fourth-order valence-electron chi connectivity index (χ4n) is 1.50. The molecular weight excluding hydrogens is 346 g/mol. The standard InChI is InChI=1S/C9H5Br2NO4/c1-3-8(12(14)15)6-5(16-3)2-4(10)9(13)7(6)11/h2,13H,1H3. The summed E-state index contributed by atoms with van der Waals surface area (Å²) in [4.78, 5) is 10.3. The number of aryl methyl sites for hydroxylation is 1. The minimum atomic E-state index is -0.529. The predicted molar refractivity (Wildman–Crippen MR) is 64.7 cm³/mol. The molecule has 0 spiro atoms. The van der Waals surface area contributed by atoms with E-state index in [1.165, 1.54) is 13.0 Å². The Labute approximate surface area is 106 Å². The number of aromatic hydroxyl groups is 1. The van der Waals surface area contributed by atoms with Gasteiger partial charge in [-0.2, -0.15) is 0 Å². The molecule has 2 aromatic rings. The zero-order chi connectivity index (χ0) is 12.0. The van der Waals surface area contributed by atoms with Crippen LogP contribution >= 0.6 is 31.9 Å². The molecule has 0 aliphatic carbocycles. The van der Waals surface area contributed by atoms with Crippen LogP contribution in [-0.2, 0) is 0 Å². The smallest absolute Gasteiger partial charge is 0.319 e. The third-order valence-electron chi connectivity index (χ3n) is 2.17. The molecule has 1 heterocycles. The van der Waals surface area contributed by atoms with Gasteiger partial charge in [-0.15, -0.1) is 0 Å². The van der Waals surface area contributed by atoms with Crippen molar-refractivity contribution in [1.29, 1.82) is 0 Å². The lowest BCUT2D eigenvalue weighted by Crippen LogP contribution is -1.88. The Morgan fingerprint density at radius 3 is 2.69 bits per heavy atom. The van der Waals surface area contributed by atoms with Crippen molar-refractivity contribution in [2.75, 3.05) is 0 Å². The molecule has 0 saturated heterocycles. The normalized spacial score (nSPS) is 10.9. The van der Waals surface area contributed by atoms with Crippen molar-refractivity contribution in [3.8, 4) is 5.75 Å². The summed E-state index contributed by atoms with van der Waals surface area (Å²) in [5.41, 5.74) is 0.213. The molecule has 5 nitrogen and oxygen atoms in total. The number of hydrogen-bond acceptors (Lipinski definition) is 4. The lowest BCUT2D eigenvalue weighted by Gasteiger charge is -2.00. The highest BCUT2D eigenvalue weighted by Gasteiger charge is 2.26. The van der Waals surface area contributed by atoms with E-state index < -0.39 is 4.92 Å². The molecule has 0 radical (unpaired) electrons. The van der Waals surface area contributed by atoms with E-state index in [-0.39, 0.29) is 27.1 Å². The molecule has 0 fully saturated rings. The van der Waals surface area contributed by atoms with Gasteiger partial charge in [0.1, 0.15) is 16.7 Å². The van der Waals surface area contributed by atoms with Gasteiger partial charge in [0.15, 0.2) is 5.76 Å². The van der Waals surface area contributed by atoms with Crippen LogP contribution in [-0.4, -0.2) is 10.0 Å². The van der Waals surface area contributed by atoms with E-state index in [9.17, 15) is 15.2 Å². The maximum absolute atomic E-state index is 10.9. The van der Waals surface area contributed by atoms with Crippen LogP contribution in [0.3, 0.4) is 0 Å². The van der Waals surface area contributed by atoms with Gasteiger partial charge in [-0.05, 0) is 37.9 Å². The number of benzene rings is 1. The maximum atomic E-state index is 10.9. The van der Waals surface area contributed by atoms with Gasteiger partial charge < -0.3 is 9.52 Å². The van der Waals surface area contributed by atoms with E-state index in [1.807, 2.05) is 0 Å². The number of nitro groups is 1. The lowest BCUT2D eigenvalue weighted by molar-refractivity contribution is -0.384. The number of halogens is 2. The summed E-state index contributed by atoms with van der Waals surface area (Å²) in [5, 5.41) is 20.8. The van der Waals surface area contributed by atoms with Crippen LogP contribution in [0.5, 0.6) is 5.75 Å². The fourth-order valence-corrected chi connectivity index (χ4v) is 2.77. The average molecular weight is 351 g/mol. The molecule has 1 aromatic carbocycles. The second kappa shape index (κ2) is 3.74. The quantitative estimate of drug-likeness (QED) is 0.625. The number of phenolic OH excluding ortho intramolecular Hbond substituents is 1. The zero-order valence-electron chi connectivity index (χ0n) is 7.95. The van der Waals surface area contributed by atoms with Crippen molar-refractivity contribution in [2.45, 2.75) is 6.92 Å². The van der Waals surface area contributed by atoms with Crippen LogP contribution in [0.2, 0.25) is 0 Å². The van der Waals surface area contributed by atoms with Crippen molar-refractivity contribution >= 4 is 48.5 Å². The van der Waals surface area contributed by atoms with Crippen LogP contribution in [0.25, 0.3) is 11.0 Å². The van der Waals surface area contributed by atoms with E-state index in [1.54, 1.807) is 0 Å². The van der Waals surface area contributed by atoms with Gasteiger partial charge in [-0.1, -0.05) is 0 Å². The third-order valence-corrected chi connectivity index (χ3v) is 3.55. The number of phenols is 1. The predicted octanol–water partition coefficient (Wildman–Crippen LogP) is 3.88. The first kappa shape index (κ1) is 11.4. The Morgan fingerprint density at radius 1 is 1.50 bits per heavy atom. The average Bonchev–Trinajstić information content (AvgIpc) is 2.51. The summed E-state index contributed by atoms with van der Waals surface area (Å²) < 4.78 is 5.93. The summed E-state index contributed by atoms with van der Waals surface area (Å²) >= 11 is 6.25. The molecule has 0 atom stereocenters. The molecule has 0 saturated carbocycles. The fraction of sp³-hybridized carbons (Fsp3) is 0.111. The van der Waals surface area contributed by atoms with Crippen molar-refractivity contribution in [3.63, 3.8) is 0 Å². The number of furan rings is 1. The molecule has 0 bridgehead atoms. The van der Waals surface area contributed by atoms with Crippen molar-refractivity contribution in [1.82, 2.24) is 0 Å². The first-order chi connectivity index (χ1) is 7.43. The monoisotopic (exact) mass is 349 g/mol. The highest BCUT2D eigenvalue weighted by Crippen LogP contribution is 2.44. The maximum Gasteiger partial charge on any atom is 0.319 e. The summed E-state index contributed by atoms with van der Waals surface area (Å²) in [6.45, 7) is 1.51. The Hall–Kier alpha value is -1.08. The second-order valence-electron chi connectivity index (χ2n) is 3.16. The van der Waals surface area contributed by atoms with Crippen molar-refractivity contribution in [3.05, 3.63) is 30.9 Å². The summed E-state index contributed by atoms with van der Waals surface area (Å²) in [7, 11) is 0. The van der Waals surface area contributed by atoms with Gasteiger partial charge in [-0.25, -0.2) is 0 Å². The molecule has 1 aromatic heterocycles. The topological polar surface area (TPSA) is 76.5 Å². The van der Waals surface area contributed by atoms with E-state index in [4.69, 9.17) is 4.42 Å². The lowest BCUT2D eigenvalue weighted by atomic mass is 10.2. The minimum Gasteiger partial charge on any atom is -0.506 e. The second-order valence-corrected chi connectivity index (χ2v) is 4.81. The molecule has 16 heavy (non-hydrogen) atoms. The summed E-state index contributed by atoms with van der Waals surface area (Å²) in [6, 6.07) is 1.50. The van der Waals surface area contributed by atoms with Crippen molar-refractivity contribution < 1.29 is 14.4 Å². The Balaban J connectivity index is 2.98. The summed E-state index contributed by atoms with van der Waals surface area (Å²) in [6.07, 6.45) is 0. The van der Waals surface area contributed by atoms with Crippen LogP contribution in [0.1, 0.15) is 5.76 Å². The van der Waals surface area contributed by atoms with Crippen LogP contribution in [0, 0.1) is 17.0 Å². The van der Waals surface area contributed by atoms with Gasteiger partial charge in [0.2, 0.25) is 0 Å². The Bertz CT molecular complexity index is 605. The Morgan fingerprint density at radius 2 is 2.12 bits per heavy atom. The number of fused-ring (bicyclic) bond motifs is 1. The van der Waals surface area contributed by atoms with Crippen molar-refractivity contribution in [2.24, 2.45) is 0 Å². The highest BCUT2D eigenvalue weighted by atomic mass is 79.9. The van der Waals surface area contributed by atoms with Gasteiger partial charge in [-0.3, -0.25) is 10.1 Å². The molecule has 84 valence electrons. The van der Waals surface area contributed by atoms with Gasteiger partial charge in [0.25, 0.3) is 0 Å². The molecule has 0 aliphatic heterocycles. The Kier molecular flexibility index (Phi) is 2.67. The number of nitrogens with zero attached hydrogens (tertiary/aromatic N) is 1. The highest BCUT2D eigenvalue weighted by molar-refractivity contribution is 9.11. The summed E-state index contributed by atoms with van der Waals surface area (Å²) in [5.74, 6) is 0.120. The molecule has 1 N–H and O–H groups in total. The first-order valence-corrected chi connectivity index (χ1v) is 5.76. The van der Waals surface area contributed by atoms with Gasteiger partial charge >= 0.3 is 5.69 Å². The molecule has 2 rings (SSSR count). The molecule has 0 amide bonds. The molecule has 0 unspecified atom stereocenters. The number of hydrogen-bond donors (Lipinski definition) is 1. The van der Waals surface area contributed by atoms with E-state index in [2.05, 4.69) is 31.9 Å². The minimum absolute atomic E-state index is 0.0867. The van der Waals surface area contributed by atoms with Crippen LogP contribution in [0.4, 0.5) is 5.69 Å². The molecule has 7 heteroatoms. The largest absolute Gasteiger partial charge is 0.506 e. The van der Waals surface area contributed by atoms with E-state index >= 15 is 0 Å². The first-order valence-electron chi connectivity index (χ1n) is 4.18. The van der Waals surface area contributed by atoms with E-state index in [0.29, 0.717) is 10.1 Å². The third kappa shape index (κ3) is 1.51. The van der Waals surface area contributed by atoms with Gasteiger partial charge in [0.05, 0.1) is 13.9 Å². The zero-order valence-corrected chi connectivity index (χ0v) is 11.1. The SMILES string of the molecule is Cc1oc2cc(Br)c(O)c(Br)c2c1[N+](=O)[O-]. The molecule has 0 aliphatic rings. The molecular formula is C9H5Br2NO4.